The van der Waals surface area contributed by atoms with Crippen molar-refractivity contribution in [3.63, 3.8) is 0 Å². The molecule has 1 aromatic rings. The lowest BCUT2D eigenvalue weighted by molar-refractivity contribution is 0.362. The zero-order valence-corrected chi connectivity index (χ0v) is 16.7. The van der Waals surface area contributed by atoms with Gasteiger partial charge in [0.05, 0.1) is 6.54 Å². The predicted molar refractivity (Wildman–Crippen MR) is 111 cm³/mol. The fourth-order valence-corrected chi connectivity index (χ4v) is 2.89. The summed E-state index contributed by atoms with van der Waals surface area (Å²) in [6.07, 6.45) is 11.0. The van der Waals surface area contributed by atoms with E-state index in [0.29, 0.717) is 6.54 Å². The van der Waals surface area contributed by atoms with Crippen LogP contribution in [0.3, 0.4) is 0 Å². The second-order valence-electron chi connectivity index (χ2n) is 7.45. The first-order valence-corrected chi connectivity index (χ1v) is 10.1. The van der Waals surface area contributed by atoms with E-state index in [1.807, 2.05) is 29.5 Å². The monoisotopic (exact) mass is 357 g/mol. The first kappa shape index (κ1) is 20.4. The molecule has 0 radical (unpaired) electrons. The molecule has 0 bridgehead atoms. The standard InChI is InChI=1S/C21H35N5/c1-4-5-6-7-8-9-13-16-24-26-18-23-21(2,3)25-20(26)22-17-19-14-11-10-12-15-19/h10-12,14-15,18,24H,4-9,13,16-17H2,1-3H3,(H,22,25). The zero-order valence-electron chi connectivity index (χ0n) is 16.7. The Morgan fingerprint density at radius 3 is 2.46 bits per heavy atom. The van der Waals surface area contributed by atoms with E-state index in [2.05, 4.69) is 48.6 Å². The van der Waals surface area contributed by atoms with Gasteiger partial charge in [0.1, 0.15) is 12.0 Å². The van der Waals surface area contributed by atoms with Crippen molar-refractivity contribution in [1.82, 2.24) is 15.8 Å². The van der Waals surface area contributed by atoms with Crippen LogP contribution in [0.5, 0.6) is 0 Å². The normalized spacial score (nSPS) is 17.5. The van der Waals surface area contributed by atoms with Crippen molar-refractivity contribution in [2.75, 3.05) is 6.54 Å². The number of unbranched alkanes of at least 4 members (excludes halogenated alkanes) is 6. The summed E-state index contributed by atoms with van der Waals surface area (Å²) in [4.78, 5) is 9.30. The molecule has 0 saturated carbocycles. The van der Waals surface area contributed by atoms with Crippen molar-refractivity contribution in [2.45, 2.75) is 77.9 Å². The number of nitrogens with zero attached hydrogens (tertiary/aromatic N) is 3. The Bertz CT molecular complexity index is 565. The van der Waals surface area contributed by atoms with Gasteiger partial charge < -0.3 is 5.32 Å². The molecule has 26 heavy (non-hydrogen) atoms. The molecule has 1 aliphatic heterocycles. The second kappa shape index (κ2) is 11.0. The Balaban J connectivity index is 1.80. The number of hydrogen-bond acceptors (Lipinski definition) is 3. The highest BCUT2D eigenvalue weighted by Crippen LogP contribution is 2.10. The first-order chi connectivity index (χ1) is 12.6. The number of rotatable bonds is 11. The second-order valence-corrected chi connectivity index (χ2v) is 7.45. The Labute approximate surface area is 159 Å². The highest BCUT2D eigenvalue weighted by molar-refractivity contribution is 5.92. The zero-order chi connectivity index (χ0) is 18.7. The molecule has 0 saturated heterocycles. The quantitative estimate of drug-likeness (QED) is 0.575. The van der Waals surface area contributed by atoms with Crippen molar-refractivity contribution in [3.05, 3.63) is 35.9 Å². The molecule has 2 rings (SSSR count). The molecule has 0 atom stereocenters. The van der Waals surface area contributed by atoms with E-state index in [9.17, 15) is 0 Å². The summed E-state index contributed by atoms with van der Waals surface area (Å²) in [5, 5.41) is 5.33. The van der Waals surface area contributed by atoms with Gasteiger partial charge in [0.15, 0.2) is 0 Å². The van der Waals surface area contributed by atoms with Crippen LogP contribution in [0.2, 0.25) is 0 Å². The van der Waals surface area contributed by atoms with Gasteiger partial charge in [-0.3, -0.25) is 0 Å². The largest absolute Gasteiger partial charge is 0.331 e. The molecule has 0 aliphatic carbocycles. The van der Waals surface area contributed by atoms with Crippen LogP contribution in [0, 0.1) is 0 Å². The van der Waals surface area contributed by atoms with Gasteiger partial charge >= 0.3 is 0 Å². The maximum absolute atomic E-state index is 4.76. The third-order valence-corrected chi connectivity index (χ3v) is 4.46. The highest BCUT2D eigenvalue weighted by Gasteiger charge is 2.25. The molecule has 1 heterocycles. The number of hydrazine groups is 1. The molecular formula is C21H35N5. The van der Waals surface area contributed by atoms with Crippen molar-refractivity contribution in [3.8, 4) is 0 Å². The number of nitrogens with one attached hydrogen (secondary N) is 2. The van der Waals surface area contributed by atoms with E-state index in [4.69, 9.17) is 4.99 Å². The van der Waals surface area contributed by atoms with Crippen LogP contribution in [0.15, 0.2) is 40.3 Å². The summed E-state index contributed by atoms with van der Waals surface area (Å²) in [5.74, 6) is 0.830. The lowest BCUT2D eigenvalue weighted by Crippen LogP contribution is -2.58. The molecule has 5 heteroatoms. The minimum absolute atomic E-state index is 0.326. The van der Waals surface area contributed by atoms with Crippen LogP contribution in [-0.2, 0) is 6.54 Å². The maximum atomic E-state index is 4.76. The lowest BCUT2D eigenvalue weighted by atomic mass is 10.1. The third kappa shape index (κ3) is 7.56. The SMILES string of the molecule is CCCCCCCCCNN1C=NC(C)(C)NC1=NCc1ccccc1. The average Bonchev–Trinajstić information content (AvgIpc) is 2.64. The van der Waals surface area contributed by atoms with Crippen molar-refractivity contribution in [1.29, 1.82) is 0 Å². The van der Waals surface area contributed by atoms with Crippen LogP contribution in [0.25, 0.3) is 0 Å². The summed E-state index contributed by atoms with van der Waals surface area (Å²) >= 11 is 0. The maximum Gasteiger partial charge on any atom is 0.216 e. The van der Waals surface area contributed by atoms with E-state index < -0.39 is 0 Å². The fraction of sp³-hybridized carbons (Fsp3) is 0.619. The summed E-state index contributed by atoms with van der Waals surface area (Å²) in [7, 11) is 0. The van der Waals surface area contributed by atoms with Gasteiger partial charge in [-0.1, -0.05) is 75.8 Å². The third-order valence-electron chi connectivity index (χ3n) is 4.46. The molecule has 1 aliphatic rings. The first-order valence-electron chi connectivity index (χ1n) is 10.1. The Hall–Kier alpha value is -1.88. The highest BCUT2D eigenvalue weighted by atomic mass is 15.6. The van der Waals surface area contributed by atoms with Crippen molar-refractivity contribution in [2.24, 2.45) is 9.98 Å². The Morgan fingerprint density at radius 2 is 1.73 bits per heavy atom. The summed E-state index contributed by atoms with van der Waals surface area (Å²) in [5.41, 5.74) is 4.32. The number of aliphatic imine (C=N–C) groups is 2. The molecule has 2 N–H and O–H groups in total. The molecule has 0 unspecified atom stereocenters. The van der Waals surface area contributed by atoms with Crippen LogP contribution >= 0.6 is 0 Å². The molecule has 0 amide bonds. The summed E-state index contributed by atoms with van der Waals surface area (Å²) < 4.78 is 0. The van der Waals surface area contributed by atoms with Crippen LogP contribution in [0.4, 0.5) is 0 Å². The minimum Gasteiger partial charge on any atom is -0.331 e. The molecule has 5 nitrogen and oxygen atoms in total. The van der Waals surface area contributed by atoms with Gasteiger partial charge in [-0.25, -0.2) is 20.4 Å². The van der Waals surface area contributed by atoms with Crippen molar-refractivity contribution >= 4 is 12.3 Å². The predicted octanol–water partition coefficient (Wildman–Crippen LogP) is 4.47. The van der Waals surface area contributed by atoms with Gasteiger partial charge in [0.2, 0.25) is 5.96 Å². The van der Waals surface area contributed by atoms with Crippen LogP contribution in [0.1, 0.15) is 71.3 Å². The van der Waals surface area contributed by atoms with E-state index in [1.165, 1.54) is 50.5 Å². The molecular weight excluding hydrogens is 322 g/mol. The van der Waals surface area contributed by atoms with Gasteiger partial charge in [0, 0.05) is 6.54 Å². The van der Waals surface area contributed by atoms with Gasteiger partial charge in [-0.15, -0.1) is 0 Å². The molecule has 144 valence electrons. The van der Waals surface area contributed by atoms with E-state index in [1.54, 1.807) is 0 Å². The van der Waals surface area contributed by atoms with Gasteiger partial charge in [-0.2, -0.15) is 0 Å². The topological polar surface area (TPSA) is 52.0 Å². The van der Waals surface area contributed by atoms with Crippen LogP contribution < -0.4 is 10.7 Å². The van der Waals surface area contributed by atoms with Crippen LogP contribution in [-0.4, -0.2) is 29.5 Å². The van der Waals surface area contributed by atoms with E-state index >= 15 is 0 Å². The van der Waals surface area contributed by atoms with Crippen molar-refractivity contribution < 1.29 is 0 Å². The average molecular weight is 358 g/mol. The molecule has 1 aromatic carbocycles. The minimum atomic E-state index is -0.326. The summed E-state index contributed by atoms with van der Waals surface area (Å²) in [6, 6.07) is 10.3. The Morgan fingerprint density at radius 1 is 1.04 bits per heavy atom. The number of hydrogen-bond donors (Lipinski definition) is 2. The van der Waals surface area contributed by atoms with E-state index in [-0.39, 0.29) is 5.66 Å². The van der Waals surface area contributed by atoms with Gasteiger partial charge in [0.25, 0.3) is 0 Å². The fourth-order valence-electron chi connectivity index (χ4n) is 2.89. The summed E-state index contributed by atoms with van der Waals surface area (Å²) in [6.45, 7) is 7.95. The molecule has 0 fully saturated rings. The number of benzene rings is 1. The number of guanidine groups is 1. The van der Waals surface area contributed by atoms with E-state index in [0.717, 1.165) is 12.5 Å². The lowest BCUT2D eigenvalue weighted by Gasteiger charge is -2.34. The Kier molecular flexibility index (Phi) is 8.62. The van der Waals surface area contributed by atoms with Gasteiger partial charge in [-0.05, 0) is 25.8 Å². The smallest absolute Gasteiger partial charge is 0.216 e. The molecule has 0 aromatic heterocycles. The molecule has 0 spiro atoms.